The minimum absolute atomic E-state index is 0.205. The average molecular weight is 338 g/mol. The second kappa shape index (κ2) is 6.01. The largest absolute Gasteiger partial charge is 0.486 e. The summed E-state index contributed by atoms with van der Waals surface area (Å²) < 4.78 is 11.0. The summed E-state index contributed by atoms with van der Waals surface area (Å²) in [5.41, 5.74) is 2.92. The van der Waals surface area contributed by atoms with Crippen molar-refractivity contribution >= 4 is 28.6 Å². The van der Waals surface area contributed by atoms with Crippen LogP contribution in [0.25, 0.3) is 11.0 Å². The summed E-state index contributed by atoms with van der Waals surface area (Å²) in [5, 5.41) is 2.90. The summed E-state index contributed by atoms with van der Waals surface area (Å²) in [6, 6.07) is 10.7. The second-order valence-electron chi connectivity index (χ2n) is 6.00. The van der Waals surface area contributed by atoms with Crippen molar-refractivity contribution in [3.63, 3.8) is 0 Å². The van der Waals surface area contributed by atoms with Crippen molar-refractivity contribution in [1.29, 1.82) is 0 Å². The van der Waals surface area contributed by atoms with E-state index in [1.165, 1.54) is 0 Å². The molecule has 0 atom stereocenters. The van der Waals surface area contributed by atoms with Crippen molar-refractivity contribution in [2.45, 2.75) is 0 Å². The first-order valence-corrected chi connectivity index (χ1v) is 7.98. The van der Waals surface area contributed by atoms with E-state index in [1.54, 1.807) is 18.2 Å². The average Bonchev–Trinajstić information content (AvgIpc) is 3.05. The number of aromatic amines is 1. The number of anilines is 2. The number of imidazole rings is 1. The molecule has 0 aliphatic carbocycles. The lowest BCUT2D eigenvalue weighted by atomic mass is 10.1. The zero-order valence-corrected chi connectivity index (χ0v) is 14.0. The van der Waals surface area contributed by atoms with Crippen molar-refractivity contribution in [2.24, 2.45) is 0 Å². The molecule has 7 nitrogen and oxygen atoms in total. The van der Waals surface area contributed by atoms with E-state index in [-0.39, 0.29) is 5.91 Å². The summed E-state index contributed by atoms with van der Waals surface area (Å²) in [6.07, 6.45) is 0. The first-order valence-electron chi connectivity index (χ1n) is 7.98. The van der Waals surface area contributed by atoms with Crippen molar-refractivity contribution in [2.75, 3.05) is 37.5 Å². The number of nitrogens with one attached hydrogen (secondary N) is 2. The van der Waals surface area contributed by atoms with E-state index in [0.717, 1.165) is 17.0 Å². The number of hydrogen-bond donors (Lipinski definition) is 2. The Bertz CT molecular complexity index is 949. The monoisotopic (exact) mass is 338 g/mol. The van der Waals surface area contributed by atoms with Crippen LogP contribution in [0.5, 0.6) is 11.5 Å². The molecule has 0 saturated heterocycles. The summed E-state index contributed by atoms with van der Waals surface area (Å²) in [7, 11) is 3.84. The van der Waals surface area contributed by atoms with Gasteiger partial charge in [-0.05, 0) is 36.4 Å². The van der Waals surface area contributed by atoms with E-state index in [1.807, 2.05) is 37.2 Å². The summed E-state index contributed by atoms with van der Waals surface area (Å²) >= 11 is 0. The van der Waals surface area contributed by atoms with Crippen LogP contribution >= 0.6 is 0 Å². The van der Waals surface area contributed by atoms with Crippen LogP contribution in [0.4, 0.5) is 11.6 Å². The van der Waals surface area contributed by atoms with Crippen LogP contribution in [0, 0.1) is 0 Å². The standard InChI is InChI=1S/C18H18N4O3/c1-22(2)18-20-13-5-4-12(10-14(13)21-18)19-17(23)11-3-6-15-16(9-11)25-8-7-24-15/h3-6,9-10H,7-8H2,1-2H3,(H,19,23)(H,20,21). The molecule has 1 amide bonds. The third-order valence-corrected chi connectivity index (χ3v) is 3.96. The van der Waals surface area contributed by atoms with Gasteiger partial charge in [0.25, 0.3) is 5.91 Å². The van der Waals surface area contributed by atoms with Crippen LogP contribution in [-0.2, 0) is 0 Å². The Morgan fingerprint density at radius 1 is 1.12 bits per heavy atom. The zero-order chi connectivity index (χ0) is 17.4. The molecule has 3 aromatic rings. The molecule has 128 valence electrons. The summed E-state index contributed by atoms with van der Waals surface area (Å²) in [6.45, 7) is 1.01. The van der Waals surface area contributed by atoms with Gasteiger partial charge >= 0.3 is 0 Å². The molecule has 4 rings (SSSR count). The number of rotatable bonds is 3. The van der Waals surface area contributed by atoms with Crippen molar-refractivity contribution < 1.29 is 14.3 Å². The fourth-order valence-corrected chi connectivity index (χ4v) is 2.67. The maximum atomic E-state index is 12.5. The van der Waals surface area contributed by atoms with E-state index < -0.39 is 0 Å². The molecule has 1 aliphatic heterocycles. The number of carbonyl (C=O) groups excluding carboxylic acids is 1. The van der Waals surface area contributed by atoms with E-state index >= 15 is 0 Å². The number of nitrogens with zero attached hydrogens (tertiary/aromatic N) is 2. The van der Waals surface area contributed by atoms with Crippen LogP contribution in [0.3, 0.4) is 0 Å². The van der Waals surface area contributed by atoms with Gasteiger partial charge in [0.15, 0.2) is 11.5 Å². The number of H-pyrrole nitrogens is 1. The Morgan fingerprint density at radius 2 is 1.92 bits per heavy atom. The second-order valence-corrected chi connectivity index (χ2v) is 6.00. The number of benzene rings is 2. The minimum atomic E-state index is -0.205. The minimum Gasteiger partial charge on any atom is -0.486 e. The molecular formula is C18H18N4O3. The highest BCUT2D eigenvalue weighted by Crippen LogP contribution is 2.31. The van der Waals surface area contributed by atoms with Gasteiger partial charge in [0, 0.05) is 25.3 Å². The first kappa shape index (κ1) is 15.3. The molecule has 7 heteroatoms. The maximum absolute atomic E-state index is 12.5. The molecule has 1 aromatic heterocycles. The topological polar surface area (TPSA) is 79.5 Å². The fourth-order valence-electron chi connectivity index (χ4n) is 2.67. The fraction of sp³-hybridized carbons (Fsp3) is 0.222. The Hall–Kier alpha value is -3.22. The van der Waals surface area contributed by atoms with Gasteiger partial charge in [-0.2, -0.15) is 0 Å². The van der Waals surface area contributed by atoms with Gasteiger partial charge in [-0.25, -0.2) is 4.98 Å². The van der Waals surface area contributed by atoms with E-state index in [9.17, 15) is 4.79 Å². The Labute approximate surface area is 144 Å². The van der Waals surface area contributed by atoms with Gasteiger partial charge in [0.1, 0.15) is 13.2 Å². The van der Waals surface area contributed by atoms with Crippen molar-refractivity contribution in [1.82, 2.24) is 9.97 Å². The van der Waals surface area contributed by atoms with Gasteiger partial charge in [-0.3, -0.25) is 4.79 Å². The van der Waals surface area contributed by atoms with Gasteiger partial charge in [-0.15, -0.1) is 0 Å². The van der Waals surface area contributed by atoms with Crippen LogP contribution in [0.1, 0.15) is 10.4 Å². The number of hydrogen-bond acceptors (Lipinski definition) is 5. The van der Waals surface area contributed by atoms with E-state index in [4.69, 9.17) is 9.47 Å². The third kappa shape index (κ3) is 2.96. The first-order chi connectivity index (χ1) is 12.1. The predicted molar refractivity (Wildman–Crippen MR) is 95.8 cm³/mol. The highest BCUT2D eigenvalue weighted by molar-refractivity contribution is 6.05. The zero-order valence-electron chi connectivity index (χ0n) is 14.0. The molecule has 2 heterocycles. The smallest absolute Gasteiger partial charge is 0.255 e. The number of ether oxygens (including phenoxy) is 2. The lowest BCUT2D eigenvalue weighted by Gasteiger charge is -2.18. The molecule has 0 fully saturated rings. The van der Waals surface area contributed by atoms with Gasteiger partial charge in [-0.1, -0.05) is 0 Å². The van der Waals surface area contributed by atoms with E-state index in [0.29, 0.717) is 36.0 Å². The van der Waals surface area contributed by atoms with Crippen molar-refractivity contribution in [3.8, 4) is 11.5 Å². The molecule has 2 N–H and O–H groups in total. The Balaban J connectivity index is 1.57. The lowest BCUT2D eigenvalue weighted by molar-refractivity contribution is 0.102. The van der Waals surface area contributed by atoms with Crippen LogP contribution in [0.2, 0.25) is 0 Å². The lowest BCUT2D eigenvalue weighted by Crippen LogP contribution is -2.17. The SMILES string of the molecule is CN(C)c1nc2ccc(NC(=O)c3ccc4c(c3)OCCO4)cc2[nH]1. The molecule has 0 saturated carbocycles. The van der Waals surface area contributed by atoms with Gasteiger partial charge < -0.3 is 24.7 Å². The van der Waals surface area contributed by atoms with Crippen molar-refractivity contribution in [3.05, 3.63) is 42.0 Å². The molecule has 0 spiro atoms. The quantitative estimate of drug-likeness (QED) is 0.767. The number of fused-ring (bicyclic) bond motifs is 2. The van der Waals surface area contributed by atoms with Crippen LogP contribution < -0.4 is 19.7 Å². The highest BCUT2D eigenvalue weighted by Gasteiger charge is 2.15. The Kier molecular flexibility index (Phi) is 3.68. The molecule has 0 bridgehead atoms. The number of carbonyl (C=O) groups is 1. The number of aromatic nitrogens is 2. The van der Waals surface area contributed by atoms with Gasteiger partial charge in [0.05, 0.1) is 11.0 Å². The molecule has 2 aromatic carbocycles. The highest BCUT2D eigenvalue weighted by atomic mass is 16.6. The summed E-state index contributed by atoms with van der Waals surface area (Å²) in [5.74, 6) is 1.82. The Morgan fingerprint density at radius 3 is 2.72 bits per heavy atom. The van der Waals surface area contributed by atoms with E-state index in [2.05, 4.69) is 15.3 Å². The maximum Gasteiger partial charge on any atom is 0.255 e. The molecule has 1 aliphatic rings. The predicted octanol–water partition coefficient (Wildman–Crippen LogP) is 2.65. The molecule has 0 radical (unpaired) electrons. The molecule has 0 unspecified atom stereocenters. The molecular weight excluding hydrogens is 320 g/mol. The third-order valence-electron chi connectivity index (χ3n) is 3.96. The molecule has 25 heavy (non-hydrogen) atoms. The normalized spacial score (nSPS) is 12.9. The van der Waals surface area contributed by atoms with Gasteiger partial charge in [0.2, 0.25) is 5.95 Å². The van der Waals surface area contributed by atoms with Crippen LogP contribution in [-0.4, -0.2) is 43.2 Å². The number of amides is 1. The van der Waals surface area contributed by atoms with Crippen LogP contribution in [0.15, 0.2) is 36.4 Å². The summed E-state index contributed by atoms with van der Waals surface area (Å²) in [4.78, 5) is 22.1.